The van der Waals surface area contributed by atoms with Gasteiger partial charge < -0.3 is 5.32 Å². The van der Waals surface area contributed by atoms with Crippen LogP contribution in [0, 0.1) is 17.2 Å². The molecule has 1 saturated carbocycles. The van der Waals surface area contributed by atoms with Crippen LogP contribution in [0.15, 0.2) is 30.3 Å². The van der Waals surface area contributed by atoms with E-state index in [0.717, 1.165) is 5.56 Å². The molecule has 1 aliphatic rings. The highest BCUT2D eigenvalue weighted by Gasteiger charge is 2.26. The average Bonchev–Trinajstić information content (AvgIpc) is 2.94. The molecule has 100 valence electrons. The molecule has 1 aromatic rings. The molecule has 3 heteroatoms. The Bertz CT molecular complexity index is 457. The number of nitriles is 1. The number of carbonyl (C=O) groups is 1. The van der Waals surface area contributed by atoms with E-state index in [0.29, 0.717) is 5.92 Å². The first-order valence-electron chi connectivity index (χ1n) is 6.97. The lowest BCUT2D eigenvalue weighted by Gasteiger charge is -2.21. The molecule has 2 rings (SSSR count). The van der Waals surface area contributed by atoms with Crippen LogP contribution >= 0.6 is 0 Å². The quantitative estimate of drug-likeness (QED) is 0.900. The smallest absolute Gasteiger partial charge is 0.242 e. The average molecular weight is 256 g/mol. The zero-order valence-corrected chi connectivity index (χ0v) is 11.3. The molecule has 0 aromatic heterocycles. The Balaban J connectivity index is 1.99. The summed E-state index contributed by atoms with van der Waals surface area (Å²) < 4.78 is 0. The van der Waals surface area contributed by atoms with Crippen molar-refractivity contribution < 1.29 is 4.79 Å². The lowest BCUT2D eigenvalue weighted by atomic mass is 9.96. The third-order valence-corrected chi connectivity index (χ3v) is 4.00. The number of amides is 1. The van der Waals surface area contributed by atoms with Gasteiger partial charge in [-0.15, -0.1) is 0 Å². The highest BCUT2D eigenvalue weighted by Crippen LogP contribution is 2.28. The maximum Gasteiger partial charge on any atom is 0.242 e. The SMILES string of the molecule is CC(NC(=O)C(C#N)c1ccccc1)C1CCCC1. The fraction of sp³-hybridized carbons (Fsp3) is 0.500. The minimum Gasteiger partial charge on any atom is -0.352 e. The van der Waals surface area contributed by atoms with Gasteiger partial charge in [0, 0.05) is 6.04 Å². The van der Waals surface area contributed by atoms with Crippen LogP contribution < -0.4 is 5.32 Å². The Morgan fingerprint density at radius 1 is 1.32 bits per heavy atom. The first-order chi connectivity index (χ1) is 9.22. The van der Waals surface area contributed by atoms with Gasteiger partial charge in [0.2, 0.25) is 5.91 Å². The maximum absolute atomic E-state index is 12.2. The molecule has 0 spiro atoms. The molecule has 2 atom stereocenters. The number of benzene rings is 1. The van der Waals surface area contributed by atoms with Crippen molar-refractivity contribution >= 4 is 5.91 Å². The second-order valence-corrected chi connectivity index (χ2v) is 5.31. The van der Waals surface area contributed by atoms with E-state index in [9.17, 15) is 10.1 Å². The highest BCUT2D eigenvalue weighted by atomic mass is 16.1. The fourth-order valence-corrected chi connectivity index (χ4v) is 2.81. The summed E-state index contributed by atoms with van der Waals surface area (Å²) in [5.41, 5.74) is 0.765. The predicted octanol–water partition coefficient (Wildman–Crippen LogP) is 2.99. The summed E-state index contributed by atoms with van der Waals surface area (Å²) in [4.78, 5) is 12.2. The summed E-state index contributed by atoms with van der Waals surface area (Å²) in [5, 5.41) is 12.2. The Kier molecular flexibility index (Phi) is 4.57. The zero-order valence-electron chi connectivity index (χ0n) is 11.3. The van der Waals surface area contributed by atoms with Gasteiger partial charge in [-0.1, -0.05) is 43.2 Å². The van der Waals surface area contributed by atoms with Crippen molar-refractivity contribution in [3.8, 4) is 6.07 Å². The molecule has 2 unspecified atom stereocenters. The summed E-state index contributed by atoms with van der Waals surface area (Å²) in [6.07, 6.45) is 4.88. The summed E-state index contributed by atoms with van der Waals surface area (Å²) in [6.45, 7) is 2.05. The lowest BCUT2D eigenvalue weighted by Crippen LogP contribution is -2.39. The van der Waals surface area contributed by atoms with E-state index >= 15 is 0 Å². The van der Waals surface area contributed by atoms with Gasteiger partial charge >= 0.3 is 0 Å². The van der Waals surface area contributed by atoms with Gasteiger partial charge in [-0.2, -0.15) is 5.26 Å². The second kappa shape index (κ2) is 6.38. The van der Waals surface area contributed by atoms with E-state index in [1.54, 1.807) is 0 Å². The van der Waals surface area contributed by atoms with Crippen molar-refractivity contribution in [1.29, 1.82) is 5.26 Å². The van der Waals surface area contributed by atoms with Crippen molar-refractivity contribution in [2.75, 3.05) is 0 Å². The molecule has 1 fully saturated rings. The van der Waals surface area contributed by atoms with Gasteiger partial charge in [0.1, 0.15) is 5.92 Å². The van der Waals surface area contributed by atoms with Crippen molar-refractivity contribution in [3.63, 3.8) is 0 Å². The largest absolute Gasteiger partial charge is 0.352 e. The first kappa shape index (κ1) is 13.6. The zero-order chi connectivity index (χ0) is 13.7. The van der Waals surface area contributed by atoms with Gasteiger partial charge in [0.05, 0.1) is 6.07 Å². The fourth-order valence-electron chi connectivity index (χ4n) is 2.81. The van der Waals surface area contributed by atoms with Gasteiger partial charge in [0.25, 0.3) is 0 Å². The number of rotatable bonds is 4. The molecule has 3 nitrogen and oxygen atoms in total. The van der Waals surface area contributed by atoms with Gasteiger partial charge in [-0.3, -0.25) is 4.79 Å². The summed E-state index contributed by atoms with van der Waals surface area (Å²) in [6, 6.07) is 11.5. The molecular weight excluding hydrogens is 236 g/mol. The molecular formula is C16H20N2O. The maximum atomic E-state index is 12.2. The summed E-state index contributed by atoms with van der Waals surface area (Å²) in [7, 11) is 0. The van der Waals surface area contributed by atoms with E-state index in [-0.39, 0.29) is 11.9 Å². The van der Waals surface area contributed by atoms with E-state index < -0.39 is 5.92 Å². The Morgan fingerprint density at radius 2 is 1.95 bits per heavy atom. The van der Waals surface area contributed by atoms with Crippen LogP contribution in [0.1, 0.15) is 44.1 Å². The summed E-state index contributed by atoms with van der Waals surface area (Å²) in [5.74, 6) is -0.308. The first-order valence-corrected chi connectivity index (χ1v) is 6.97. The molecule has 1 N–H and O–H groups in total. The van der Waals surface area contributed by atoms with Crippen molar-refractivity contribution in [1.82, 2.24) is 5.32 Å². The van der Waals surface area contributed by atoms with E-state index in [1.165, 1.54) is 25.7 Å². The standard InChI is InChI=1S/C16H20N2O/c1-12(13-7-5-6-8-13)18-16(19)15(11-17)14-9-3-2-4-10-14/h2-4,9-10,12-13,15H,5-8H2,1H3,(H,18,19). The Hall–Kier alpha value is -1.82. The number of hydrogen-bond donors (Lipinski definition) is 1. The van der Waals surface area contributed by atoms with Crippen LogP contribution in [-0.2, 0) is 4.79 Å². The van der Waals surface area contributed by atoms with Crippen molar-refractivity contribution in [2.24, 2.45) is 5.92 Å². The number of carbonyl (C=O) groups excluding carboxylic acids is 1. The monoisotopic (exact) mass is 256 g/mol. The molecule has 1 amide bonds. The number of nitrogens with one attached hydrogen (secondary N) is 1. The Labute approximate surface area is 114 Å². The lowest BCUT2D eigenvalue weighted by molar-refractivity contribution is -0.122. The molecule has 0 aliphatic heterocycles. The number of hydrogen-bond acceptors (Lipinski definition) is 2. The third-order valence-electron chi connectivity index (χ3n) is 4.00. The predicted molar refractivity (Wildman–Crippen MR) is 74.4 cm³/mol. The molecule has 1 aromatic carbocycles. The van der Waals surface area contributed by atoms with Crippen LogP contribution in [0.5, 0.6) is 0 Å². The number of nitrogens with zero attached hydrogens (tertiary/aromatic N) is 1. The molecule has 0 bridgehead atoms. The molecule has 19 heavy (non-hydrogen) atoms. The topological polar surface area (TPSA) is 52.9 Å². The van der Waals surface area contributed by atoms with Gasteiger partial charge in [-0.05, 0) is 31.2 Å². The van der Waals surface area contributed by atoms with Crippen LogP contribution in [-0.4, -0.2) is 11.9 Å². The van der Waals surface area contributed by atoms with Crippen LogP contribution in [0.3, 0.4) is 0 Å². The van der Waals surface area contributed by atoms with E-state index in [4.69, 9.17) is 0 Å². The minimum atomic E-state index is -0.704. The van der Waals surface area contributed by atoms with Gasteiger partial charge in [0.15, 0.2) is 0 Å². The highest BCUT2D eigenvalue weighted by molar-refractivity contribution is 5.86. The van der Waals surface area contributed by atoms with Crippen LogP contribution in [0.4, 0.5) is 0 Å². The van der Waals surface area contributed by atoms with E-state index in [2.05, 4.69) is 11.4 Å². The molecule has 0 radical (unpaired) electrons. The normalized spacial score (nSPS) is 18.5. The van der Waals surface area contributed by atoms with Crippen LogP contribution in [0.2, 0.25) is 0 Å². The third kappa shape index (κ3) is 3.35. The van der Waals surface area contributed by atoms with E-state index in [1.807, 2.05) is 37.3 Å². The second-order valence-electron chi connectivity index (χ2n) is 5.31. The summed E-state index contributed by atoms with van der Waals surface area (Å²) >= 11 is 0. The van der Waals surface area contributed by atoms with Crippen molar-refractivity contribution in [2.45, 2.75) is 44.6 Å². The van der Waals surface area contributed by atoms with Gasteiger partial charge in [-0.25, -0.2) is 0 Å². The van der Waals surface area contributed by atoms with Crippen molar-refractivity contribution in [3.05, 3.63) is 35.9 Å². The Morgan fingerprint density at radius 3 is 2.53 bits per heavy atom. The minimum absolute atomic E-state index is 0.162. The molecule has 1 aliphatic carbocycles. The molecule has 0 saturated heterocycles. The molecule has 0 heterocycles. The van der Waals surface area contributed by atoms with Crippen LogP contribution in [0.25, 0.3) is 0 Å².